The van der Waals surface area contributed by atoms with Crippen molar-refractivity contribution < 1.29 is 27.6 Å². The van der Waals surface area contributed by atoms with Crippen molar-refractivity contribution in [3.8, 4) is 0 Å². The molecule has 10 heteroatoms. The number of hydrogen-bond acceptors (Lipinski definition) is 6. The van der Waals surface area contributed by atoms with Crippen LogP contribution in [0, 0.1) is 13.8 Å². The Morgan fingerprint density at radius 3 is 2.32 bits per heavy atom. The highest BCUT2D eigenvalue weighted by Crippen LogP contribution is 2.34. The minimum atomic E-state index is -4.05. The number of carbonyl (C=O) groups excluding carboxylic acids is 1. The number of carbonyl (C=O) groups is 2. The molecule has 2 rings (SSSR count). The third-order valence-corrected chi connectivity index (χ3v) is 6.47. The maximum Gasteiger partial charge on any atom is 0.326 e. The summed E-state index contributed by atoms with van der Waals surface area (Å²) in [5.41, 5.74) is -1.15. The first-order valence-electron chi connectivity index (χ1n) is 7.99. The maximum atomic E-state index is 12.9. The minimum Gasteiger partial charge on any atom is -0.480 e. The first-order valence-corrected chi connectivity index (χ1v) is 9.47. The van der Waals surface area contributed by atoms with Crippen LogP contribution < -0.4 is 4.72 Å². The van der Waals surface area contributed by atoms with Gasteiger partial charge in [0.15, 0.2) is 5.76 Å². The molecular weight excluding hydrogens is 350 g/mol. The molecule has 1 saturated carbocycles. The Morgan fingerprint density at radius 2 is 1.88 bits per heavy atom. The van der Waals surface area contributed by atoms with E-state index in [1.165, 1.54) is 27.8 Å². The summed E-state index contributed by atoms with van der Waals surface area (Å²) in [4.78, 5) is 25.1. The van der Waals surface area contributed by atoms with Gasteiger partial charge in [0, 0.05) is 7.05 Å². The molecule has 0 spiro atoms. The molecular formula is C15H23N3O6S. The van der Waals surface area contributed by atoms with Gasteiger partial charge in [-0.3, -0.25) is 4.79 Å². The Hall–Kier alpha value is -1.94. The largest absolute Gasteiger partial charge is 0.480 e. The number of nitrogens with one attached hydrogen (secondary N) is 1. The molecule has 0 aliphatic heterocycles. The van der Waals surface area contributed by atoms with Gasteiger partial charge in [-0.1, -0.05) is 18.0 Å². The van der Waals surface area contributed by atoms with Crippen LogP contribution in [0.1, 0.15) is 44.1 Å². The summed E-state index contributed by atoms with van der Waals surface area (Å²) < 4.78 is 33.1. The third-order valence-electron chi connectivity index (χ3n) is 4.69. The number of amides is 1. The lowest BCUT2D eigenvalue weighted by Gasteiger charge is -2.34. The monoisotopic (exact) mass is 373 g/mol. The van der Waals surface area contributed by atoms with Crippen LogP contribution in [0.3, 0.4) is 0 Å². The zero-order valence-electron chi connectivity index (χ0n) is 14.7. The second-order valence-electron chi connectivity index (χ2n) is 6.48. The molecule has 1 fully saturated rings. The van der Waals surface area contributed by atoms with Gasteiger partial charge in [0.1, 0.15) is 22.2 Å². The van der Waals surface area contributed by atoms with Gasteiger partial charge in [-0.05, 0) is 33.6 Å². The number of aromatic nitrogens is 1. The molecule has 2 N–H and O–H groups in total. The molecule has 1 heterocycles. The fraction of sp³-hybridized carbons (Fsp3) is 0.667. The molecule has 1 amide bonds. The molecule has 25 heavy (non-hydrogen) atoms. The molecule has 1 unspecified atom stereocenters. The van der Waals surface area contributed by atoms with Crippen LogP contribution in [0.2, 0.25) is 0 Å². The lowest BCUT2D eigenvalue weighted by atomic mass is 9.96. The van der Waals surface area contributed by atoms with Crippen molar-refractivity contribution in [2.45, 2.75) is 62.9 Å². The van der Waals surface area contributed by atoms with Gasteiger partial charge in [-0.15, -0.1) is 0 Å². The fourth-order valence-corrected chi connectivity index (χ4v) is 4.93. The van der Waals surface area contributed by atoms with E-state index >= 15 is 0 Å². The normalized spacial score (nSPS) is 18.1. The lowest BCUT2D eigenvalue weighted by molar-refractivity contribution is -0.150. The highest BCUT2D eigenvalue weighted by molar-refractivity contribution is 7.89. The second kappa shape index (κ2) is 6.75. The van der Waals surface area contributed by atoms with Crippen molar-refractivity contribution in [3.63, 3.8) is 0 Å². The summed E-state index contributed by atoms with van der Waals surface area (Å²) in [6.07, 6.45) is 1.96. The number of hydrogen-bond donors (Lipinski definition) is 2. The van der Waals surface area contributed by atoms with Crippen molar-refractivity contribution >= 4 is 21.9 Å². The second-order valence-corrected chi connectivity index (χ2v) is 8.10. The van der Waals surface area contributed by atoms with Gasteiger partial charge in [-0.25, -0.2) is 13.2 Å². The average molecular weight is 373 g/mol. The Kier molecular flexibility index (Phi) is 5.24. The van der Waals surface area contributed by atoms with Crippen LogP contribution in [0.5, 0.6) is 0 Å². The average Bonchev–Trinajstić information content (AvgIpc) is 3.12. The summed E-state index contributed by atoms with van der Waals surface area (Å²) in [5, 5.41) is 12.8. The summed E-state index contributed by atoms with van der Waals surface area (Å²) in [6.45, 7) is 4.37. The van der Waals surface area contributed by atoms with Crippen molar-refractivity contribution in [1.29, 1.82) is 0 Å². The molecule has 0 radical (unpaired) electrons. The predicted molar refractivity (Wildman–Crippen MR) is 87.4 cm³/mol. The van der Waals surface area contributed by atoms with Gasteiger partial charge in [0.25, 0.3) is 0 Å². The highest BCUT2D eigenvalue weighted by Gasteiger charge is 2.48. The number of carboxylic acids is 1. The molecule has 0 bridgehead atoms. The Bertz CT molecular complexity index is 760. The van der Waals surface area contributed by atoms with Crippen LogP contribution in [0.25, 0.3) is 0 Å². The number of nitrogens with zero attached hydrogens (tertiary/aromatic N) is 2. The molecule has 1 atom stereocenters. The Morgan fingerprint density at radius 1 is 1.32 bits per heavy atom. The molecule has 1 aliphatic rings. The zero-order valence-corrected chi connectivity index (χ0v) is 15.5. The number of aryl methyl sites for hydroxylation is 2. The van der Waals surface area contributed by atoms with E-state index in [4.69, 9.17) is 9.63 Å². The summed E-state index contributed by atoms with van der Waals surface area (Å²) in [5.74, 6) is -1.56. The van der Waals surface area contributed by atoms with Crippen LogP contribution >= 0.6 is 0 Å². The van der Waals surface area contributed by atoms with E-state index in [0.717, 1.165) is 4.90 Å². The molecule has 1 aliphatic carbocycles. The maximum absolute atomic E-state index is 12.9. The van der Waals surface area contributed by atoms with Gasteiger partial charge in [0.2, 0.25) is 15.9 Å². The first kappa shape index (κ1) is 19.4. The smallest absolute Gasteiger partial charge is 0.326 e. The Balaban J connectivity index is 2.38. The minimum absolute atomic E-state index is 0.0829. The molecule has 140 valence electrons. The molecule has 9 nitrogen and oxygen atoms in total. The Labute approximate surface area is 146 Å². The molecule has 0 aromatic carbocycles. The standard InChI is InChI=1S/C15H23N3O6S/c1-9-12(11(3)24-16-9)25(22,23)17-15(7-5-6-8-15)14(21)18(4)10(2)13(19)20/h10,17H,5-8H2,1-4H3,(H,19,20). The van der Waals surface area contributed by atoms with Crippen LogP contribution in [-0.2, 0) is 19.6 Å². The fourth-order valence-electron chi connectivity index (χ4n) is 3.18. The van der Waals surface area contributed by atoms with E-state index in [9.17, 15) is 18.0 Å². The van der Waals surface area contributed by atoms with E-state index in [0.29, 0.717) is 25.7 Å². The zero-order chi connectivity index (χ0) is 19.0. The highest BCUT2D eigenvalue weighted by atomic mass is 32.2. The number of rotatable bonds is 6. The van der Waals surface area contributed by atoms with Crippen molar-refractivity contribution in [2.75, 3.05) is 7.05 Å². The van der Waals surface area contributed by atoms with E-state index in [2.05, 4.69) is 9.88 Å². The third kappa shape index (κ3) is 3.54. The topological polar surface area (TPSA) is 130 Å². The number of aliphatic carboxylic acids is 1. The van der Waals surface area contributed by atoms with E-state index < -0.39 is 33.5 Å². The van der Waals surface area contributed by atoms with Gasteiger partial charge >= 0.3 is 5.97 Å². The quantitative estimate of drug-likeness (QED) is 0.755. The predicted octanol–water partition coefficient (Wildman–Crippen LogP) is 0.814. The van der Waals surface area contributed by atoms with Crippen LogP contribution in [0.4, 0.5) is 0 Å². The van der Waals surface area contributed by atoms with Gasteiger partial charge in [0.05, 0.1) is 0 Å². The lowest BCUT2D eigenvalue weighted by Crippen LogP contribution is -2.59. The van der Waals surface area contributed by atoms with Gasteiger partial charge in [-0.2, -0.15) is 4.72 Å². The summed E-state index contributed by atoms with van der Waals surface area (Å²) >= 11 is 0. The molecule has 1 aromatic rings. The van der Waals surface area contributed by atoms with Crippen LogP contribution in [0.15, 0.2) is 9.42 Å². The summed E-state index contributed by atoms with van der Waals surface area (Å²) in [6, 6.07) is -1.06. The molecule has 0 saturated heterocycles. The number of sulfonamides is 1. The van der Waals surface area contributed by atoms with Crippen molar-refractivity contribution in [3.05, 3.63) is 11.5 Å². The number of likely N-dealkylation sites (N-methyl/N-ethyl adjacent to an activating group) is 1. The van der Waals surface area contributed by atoms with E-state index in [1.807, 2.05) is 0 Å². The first-order chi connectivity index (χ1) is 11.5. The van der Waals surface area contributed by atoms with E-state index in [1.54, 1.807) is 0 Å². The van der Waals surface area contributed by atoms with Crippen molar-refractivity contribution in [1.82, 2.24) is 14.8 Å². The SMILES string of the molecule is Cc1noc(C)c1S(=O)(=O)NC1(C(=O)N(C)C(C)C(=O)O)CCCC1. The number of carboxylic acid groups (broad SMARTS) is 1. The van der Waals surface area contributed by atoms with Gasteiger partial charge < -0.3 is 14.5 Å². The van der Waals surface area contributed by atoms with Crippen molar-refractivity contribution in [2.24, 2.45) is 0 Å². The van der Waals surface area contributed by atoms with E-state index in [-0.39, 0.29) is 16.3 Å². The molecule has 1 aromatic heterocycles. The summed E-state index contributed by atoms with van der Waals surface area (Å²) in [7, 11) is -2.68. The van der Waals surface area contributed by atoms with Crippen LogP contribution in [-0.4, -0.2) is 54.1 Å².